The molecule has 0 amide bonds. The predicted molar refractivity (Wildman–Crippen MR) is 64.5 cm³/mol. The van der Waals surface area contributed by atoms with Crippen molar-refractivity contribution in [2.75, 3.05) is 39.5 Å². The zero-order valence-electron chi connectivity index (χ0n) is 10.8. The molecule has 0 radical (unpaired) electrons. The first kappa shape index (κ1) is 15.4. The molecule has 0 aliphatic heterocycles. The Kier molecular flexibility index (Phi) is 10.5. The third-order valence-electron chi connectivity index (χ3n) is 2.32. The molecule has 0 spiro atoms. The minimum Gasteiger partial charge on any atom is -0.465 e. The second kappa shape index (κ2) is 10.9. The maximum Gasteiger partial charge on any atom is 0.320 e. The van der Waals surface area contributed by atoms with Gasteiger partial charge < -0.3 is 9.47 Å². The zero-order valence-corrected chi connectivity index (χ0v) is 10.8. The summed E-state index contributed by atoms with van der Waals surface area (Å²) in [7, 11) is 0. The summed E-state index contributed by atoms with van der Waals surface area (Å²) in [4.78, 5) is 13.4. The van der Waals surface area contributed by atoms with E-state index in [2.05, 4.69) is 6.92 Å². The first-order valence-electron chi connectivity index (χ1n) is 6.20. The first-order valence-corrected chi connectivity index (χ1v) is 6.20. The fourth-order valence-electron chi connectivity index (χ4n) is 1.25. The van der Waals surface area contributed by atoms with Crippen molar-refractivity contribution in [3.63, 3.8) is 0 Å². The number of hydrogen-bond acceptors (Lipinski definition) is 4. The van der Waals surface area contributed by atoms with Crippen LogP contribution in [0, 0.1) is 0 Å². The lowest BCUT2D eigenvalue weighted by molar-refractivity contribution is -0.145. The Labute approximate surface area is 98.9 Å². The summed E-state index contributed by atoms with van der Waals surface area (Å²) in [5, 5.41) is 0. The van der Waals surface area contributed by atoms with Gasteiger partial charge >= 0.3 is 5.97 Å². The maximum absolute atomic E-state index is 11.4. The molecule has 96 valence electrons. The summed E-state index contributed by atoms with van der Waals surface area (Å²) < 4.78 is 10.4. The normalized spacial score (nSPS) is 10.8. The van der Waals surface area contributed by atoms with Crippen LogP contribution in [-0.2, 0) is 14.3 Å². The molecule has 0 aromatic rings. The Bertz CT molecular complexity index is 174. The second-order valence-electron chi connectivity index (χ2n) is 3.64. The first-order chi connectivity index (χ1) is 7.74. The van der Waals surface area contributed by atoms with Crippen molar-refractivity contribution in [2.45, 2.75) is 33.6 Å². The SMILES string of the molecule is CCCCOC(=O)CN(CC)CCOCC. The Morgan fingerprint density at radius 3 is 2.50 bits per heavy atom. The summed E-state index contributed by atoms with van der Waals surface area (Å²) in [6.07, 6.45) is 1.99. The van der Waals surface area contributed by atoms with Crippen molar-refractivity contribution < 1.29 is 14.3 Å². The van der Waals surface area contributed by atoms with E-state index in [0.29, 0.717) is 19.8 Å². The molecule has 0 aromatic carbocycles. The van der Waals surface area contributed by atoms with Crippen molar-refractivity contribution in [1.82, 2.24) is 4.90 Å². The molecule has 0 unspecified atom stereocenters. The molecular weight excluding hydrogens is 206 g/mol. The monoisotopic (exact) mass is 231 g/mol. The lowest BCUT2D eigenvalue weighted by Gasteiger charge is -2.18. The van der Waals surface area contributed by atoms with Crippen LogP contribution in [0.3, 0.4) is 0 Å². The van der Waals surface area contributed by atoms with E-state index >= 15 is 0 Å². The highest BCUT2D eigenvalue weighted by Crippen LogP contribution is 1.93. The molecule has 0 rings (SSSR count). The van der Waals surface area contributed by atoms with Crippen LogP contribution in [0.4, 0.5) is 0 Å². The van der Waals surface area contributed by atoms with Crippen molar-refractivity contribution in [3.8, 4) is 0 Å². The van der Waals surface area contributed by atoms with Crippen molar-refractivity contribution >= 4 is 5.97 Å². The smallest absolute Gasteiger partial charge is 0.320 e. The molecule has 0 bridgehead atoms. The molecule has 4 nitrogen and oxygen atoms in total. The van der Waals surface area contributed by atoms with Gasteiger partial charge in [0.15, 0.2) is 0 Å². The van der Waals surface area contributed by atoms with Crippen LogP contribution in [0.25, 0.3) is 0 Å². The van der Waals surface area contributed by atoms with E-state index in [1.54, 1.807) is 0 Å². The van der Waals surface area contributed by atoms with Crippen LogP contribution >= 0.6 is 0 Å². The van der Waals surface area contributed by atoms with Crippen molar-refractivity contribution in [3.05, 3.63) is 0 Å². The molecule has 0 fully saturated rings. The van der Waals surface area contributed by atoms with Gasteiger partial charge in [0.1, 0.15) is 0 Å². The largest absolute Gasteiger partial charge is 0.465 e. The molecule has 0 aromatic heterocycles. The summed E-state index contributed by atoms with van der Waals surface area (Å²) in [5.74, 6) is -0.133. The number of esters is 1. The number of unbranched alkanes of at least 4 members (excludes halogenated alkanes) is 1. The van der Waals surface area contributed by atoms with Gasteiger partial charge in [0, 0.05) is 13.2 Å². The quantitative estimate of drug-likeness (QED) is 0.423. The molecule has 0 N–H and O–H groups in total. The fraction of sp³-hybridized carbons (Fsp3) is 0.917. The van der Waals surface area contributed by atoms with Gasteiger partial charge in [-0.2, -0.15) is 0 Å². The van der Waals surface area contributed by atoms with Crippen LogP contribution in [0.1, 0.15) is 33.6 Å². The highest BCUT2D eigenvalue weighted by molar-refractivity contribution is 5.71. The van der Waals surface area contributed by atoms with E-state index < -0.39 is 0 Å². The van der Waals surface area contributed by atoms with Gasteiger partial charge in [-0.3, -0.25) is 9.69 Å². The zero-order chi connectivity index (χ0) is 12.2. The molecule has 0 aliphatic rings. The number of nitrogens with zero attached hydrogens (tertiary/aromatic N) is 1. The summed E-state index contributed by atoms with van der Waals surface area (Å²) >= 11 is 0. The standard InChI is InChI=1S/C12H25NO3/c1-4-7-9-16-12(14)11-13(5-2)8-10-15-6-3/h4-11H2,1-3H3. The molecule has 0 saturated heterocycles. The summed E-state index contributed by atoms with van der Waals surface area (Å²) in [5.41, 5.74) is 0. The van der Waals surface area contributed by atoms with E-state index in [1.807, 2.05) is 18.7 Å². The second-order valence-corrected chi connectivity index (χ2v) is 3.64. The number of carbonyl (C=O) groups excluding carboxylic acids is 1. The van der Waals surface area contributed by atoms with Gasteiger partial charge in [-0.15, -0.1) is 0 Å². The average molecular weight is 231 g/mol. The number of hydrogen-bond donors (Lipinski definition) is 0. The number of carbonyl (C=O) groups is 1. The predicted octanol–water partition coefficient (Wildman–Crippen LogP) is 1.69. The van der Waals surface area contributed by atoms with E-state index in [-0.39, 0.29) is 5.97 Å². The van der Waals surface area contributed by atoms with Gasteiger partial charge in [-0.1, -0.05) is 20.3 Å². The molecule has 4 heteroatoms. The van der Waals surface area contributed by atoms with Gasteiger partial charge in [0.25, 0.3) is 0 Å². The molecule has 0 saturated carbocycles. The summed E-state index contributed by atoms with van der Waals surface area (Å²) in [6.45, 7) is 10.0. The average Bonchev–Trinajstić information content (AvgIpc) is 2.28. The third-order valence-corrected chi connectivity index (χ3v) is 2.32. The highest BCUT2D eigenvalue weighted by Gasteiger charge is 2.09. The maximum atomic E-state index is 11.4. The van der Waals surface area contributed by atoms with Crippen LogP contribution in [0.5, 0.6) is 0 Å². The number of ether oxygens (including phenoxy) is 2. The molecule has 0 aliphatic carbocycles. The molecule has 0 atom stereocenters. The third kappa shape index (κ3) is 8.68. The van der Waals surface area contributed by atoms with Crippen molar-refractivity contribution in [2.24, 2.45) is 0 Å². The Morgan fingerprint density at radius 1 is 1.19 bits per heavy atom. The van der Waals surface area contributed by atoms with E-state index in [0.717, 1.165) is 32.5 Å². The topological polar surface area (TPSA) is 38.8 Å². The minimum absolute atomic E-state index is 0.133. The highest BCUT2D eigenvalue weighted by atomic mass is 16.5. The fourth-order valence-corrected chi connectivity index (χ4v) is 1.25. The lowest BCUT2D eigenvalue weighted by atomic mass is 10.4. The van der Waals surface area contributed by atoms with E-state index in [4.69, 9.17) is 9.47 Å². The van der Waals surface area contributed by atoms with Gasteiger partial charge in [0.2, 0.25) is 0 Å². The summed E-state index contributed by atoms with van der Waals surface area (Å²) in [6, 6.07) is 0. The Hall–Kier alpha value is -0.610. The van der Waals surface area contributed by atoms with Gasteiger partial charge in [-0.25, -0.2) is 0 Å². The van der Waals surface area contributed by atoms with Crippen LogP contribution in [-0.4, -0.2) is 50.3 Å². The van der Waals surface area contributed by atoms with E-state index in [9.17, 15) is 4.79 Å². The van der Waals surface area contributed by atoms with Crippen molar-refractivity contribution in [1.29, 1.82) is 0 Å². The van der Waals surface area contributed by atoms with Gasteiger partial charge in [-0.05, 0) is 19.9 Å². The van der Waals surface area contributed by atoms with E-state index in [1.165, 1.54) is 0 Å². The van der Waals surface area contributed by atoms with Crippen LogP contribution in [0.15, 0.2) is 0 Å². The number of likely N-dealkylation sites (N-methyl/N-ethyl adjacent to an activating group) is 1. The van der Waals surface area contributed by atoms with Gasteiger partial charge in [0.05, 0.1) is 19.8 Å². The van der Waals surface area contributed by atoms with Crippen LogP contribution < -0.4 is 0 Å². The molecule has 16 heavy (non-hydrogen) atoms. The molecular formula is C12H25NO3. The number of rotatable bonds is 10. The Morgan fingerprint density at radius 2 is 1.94 bits per heavy atom. The Balaban J connectivity index is 3.61. The van der Waals surface area contributed by atoms with Crippen LogP contribution in [0.2, 0.25) is 0 Å². The minimum atomic E-state index is -0.133. The lowest BCUT2D eigenvalue weighted by Crippen LogP contribution is -2.33. The molecule has 0 heterocycles.